The molecule has 1 atom stereocenters. The molecule has 0 saturated heterocycles. The fourth-order valence-corrected chi connectivity index (χ4v) is 3.09. The molecule has 2 heterocycles. The number of quaternary nitrogens is 1. The summed E-state index contributed by atoms with van der Waals surface area (Å²) in [5.41, 5.74) is 2.65. The number of nitrogens with zero attached hydrogens (tertiary/aromatic N) is 2. The first-order valence-electron chi connectivity index (χ1n) is 6.26. The molecule has 0 fully saturated rings. The third-order valence-electron chi connectivity index (χ3n) is 3.85. The van der Waals surface area contributed by atoms with E-state index in [-0.39, 0.29) is 12.4 Å². The van der Waals surface area contributed by atoms with Gasteiger partial charge in [-0.05, 0) is 17.7 Å². The van der Waals surface area contributed by atoms with Crippen LogP contribution in [0.5, 0.6) is 0 Å². The highest BCUT2D eigenvalue weighted by molar-refractivity contribution is 6.30. The number of fused-ring (bicyclic) bond motifs is 4. The Morgan fingerprint density at radius 3 is 2.85 bits per heavy atom. The van der Waals surface area contributed by atoms with Gasteiger partial charge in [-0.15, -0.1) is 0 Å². The summed E-state index contributed by atoms with van der Waals surface area (Å²) in [5, 5.41) is 13.8. The fraction of sp³-hybridized carbons (Fsp3) is 0.0667. The first kappa shape index (κ1) is 11.8. The van der Waals surface area contributed by atoms with E-state index in [9.17, 15) is 10.1 Å². The minimum Gasteiger partial charge on any atom is -0.617 e. The number of hydroxylamine groups is 2. The maximum atomic E-state index is 13.2. The van der Waals surface area contributed by atoms with Crippen LogP contribution in [0.15, 0.2) is 48.3 Å². The van der Waals surface area contributed by atoms with Crippen LogP contribution in [-0.4, -0.2) is 4.76 Å². The van der Waals surface area contributed by atoms with Crippen LogP contribution in [0.3, 0.4) is 0 Å². The minimum atomic E-state index is -0.743. The molecule has 0 N–H and O–H groups in total. The lowest BCUT2D eigenvalue weighted by molar-refractivity contribution is -0.410. The van der Waals surface area contributed by atoms with Crippen molar-refractivity contribution >= 4 is 29.1 Å². The van der Waals surface area contributed by atoms with Crippen LogP contribution in [0.2, 0.25) is 5.02 Å². The first-order chi connectivity index (χ1) is 9.59. The van der Waals surface area contributed by atoms with Crippen molar-refractivity contribution in [3.63, 3.8) is 0 Å². The van der Waals surface area contributed by atoms with E-state index in [4.69, 9.17) is 11.6 Å². The predicted molar refractivity (Wildman–Crippen MR) is 78.0 cm³/mol. The predicted octanol–water partition coefficient (Wildman–Crippen LogP) is 4.08. The summed E-state index contributed by atoms with van der Waals surface area (Å²) in [4.78, 5) is 12.3. The van der Waals surface area contributed by atoms with Gasteiger partial charge in [0.25, 0.3) is 0 Å². The van der Waals surface area contributed by atoms with Crippen LogP contribution in [0.25, 0.3) is 6.08 Å². The van der Waals surface area contributed by atoms with Crippen molar-refractivity contribution in [1.82, 2.24) is 4.65 Å². The van der Waals surface area contributed by atoms with Crippen LogP contribution < -0.4 is 4.65 Å². The third-order valence-corrected chi connectivity index (χ3v) is 4.09. The number of rotatable bonds is 0. The van der Waals surface area contributed by atoms with Crippen molar-refractivity contribution in [3.8, 4) is 0 Å². The zero-order valence-electron chi connectivity index (χ0n) is 10.4. The lowest BCUT2D eigenvalue weighted by atomic mass is 10.0. The molecule has 0 saturated carbocycles. The standard InChI is InChI=1S/C15H10ClN2O2/c16-12-6-5-10-8-15-17(19)13-3-1-2-4-14(13)18(15,20)9-11(10)7-12/h1-8H,9H2/q+1. The Balaban J connectivity index is 1.99. The number of nitroso groups, excluding NO2 is 1. The largest absolute Gasteiger partial charge is 0.617 e. The lowest BCUT2D eigenvalue weighted by Gasteiger charge is -2.35. The molecule has 2 aliphatic rings. The summed E-state index contributed by atoms with van der Waals surface area (Å²) in [6, 6.07) is 12.3. The first-order valence-corrected chi connectivity index (χ1v) is 6.64. The maximum Gasteiger partial charge on any atom is 0.429 e. The van der Waals surface area contributed by atoms with Crippen molar-refractivity contribution in [2.75, 3.05) is 0 Å². The molecule has 98 valence electrons. The molecule has 1 unspecified atom stereocenters. The Kier molecular flexibility index (Phi) is 2.22. The van der Waals surface area contributed by atoms with E-state index in [1.807, 2.05) is 6.07 Å². The molecule has 2 aromatic rings. The van der Waals surface area contributed by atoms with Gasteiger partial charge in [0.2, 0.25) is 5.69 Å². The third kappa shape index (κ3) is 1.38. The van der Waals surface area contributed by atoms with Crippen LogP contribution in [-0.2, 0) is 6.54 Å². The van der Waals surface area contributed by atoms with Crippen molar-refractivity contribution in [3.05, 3.63) is 74.5 Å². The Morgan fingerprint density at radius 2 is 2.00 bits per heavy atom. The number of benzene rings is 2. The van der Waals surface area contributed by atoms with Gasteiger partial charge in [0.1, 0.15) is 11.3 Å². The summed E-state index contributed by atoms with van der Waals surface area (Å²) >= 11 is 5.99. The molecule has 0 bridgehead atoms. The monoisotopic (exact) mass is 285 g/mol. The summed E-state index contributed by atoms with van der Waals surface area (Å²) < 4.78 is -0.00705. The van der Waals surface area contributed by atoms with E-state index in [2.05, 4.69) is 0 Å². The van der Waals surface area contributed by atoms with Gasteiger partial charge in [-0.1, -0.05) is 29.8 Å². The summed E-state index contributed by atoms with van der Waals surface area (Å²) in [6.07, 6.45) is 1.66. The van der Waals surface area contributed by atoms with E-state index in [0.29, 0.717) is 16.4 Å². The second-order valence-electron chi connectivity index (χ2n) is 5.03. The van der Waals surface area contributed by atoms with Gasteiger partial charge in [0.05, 0.1) is 6.08 Å². The maximum absolute atomic E-state index is 13.2. The highest BCUT2D eigenvalue weighted by Gasteiger charge is 2.53. The zero-order valence-corrected chi connectivity index (χ0v) is 11.2. The number of hydrogen-bond donors (Lipinski definition) is 0. The van der Waals surface area contributed by atoms with E-state index in [1.54, 1.807) is 42.5 Å². The summed E-state index contributed by atoms with van der Waals surface area (Å²) in [5.74, 6) is 0.209. The molecule has 5 heteroatoms. The van der Waals surface area contributed by atoms with E-state index in [0.717, 1.165) is 15.9 Å². The Bertz CT molecular complexity index is 800. The lowest BCUT2D eigenvalue weighted by Crippen LogP contribution is -2.41. The highest BCUT2D eigenvalue weighted by Crippen LogP contribution is 2.49. The second-order valence-corrected chi connectivity index (χ2v) is 5.46. The molecule has 0 aromatic heterocycles. The molecule has 2 aromatic carbocycles. The molecule has 0 radical (unpaired) electrons. The summed E-state index contributed by atoms with van der Waals surface area (Å²) in [6.45, 7) is 0.192. The van der Waals surface area contributed by atoms with Crippen molar-refractivity contribution < 1.29 is 4.76 Å². The molecule has 0 amide bonds. The van der Waals surface area contributed by atoms with Crippen LogP contribution >= 0.6 is 11.6 Å². The normalized spacial score (nSPS) is 22.9. The average molecular weight is 286 g/mol. The zero-order chi connectivity index (χ0) is 13.9. The minimum absolute atomic E-state index is 0.192. The molecular weight excluding hydrogens is 276 g/mol. The van der Waals surface area contributed by atoms with Crippen LogP contribution in [0.1, 0.15) is 11.1 Å². The number of para-hydroxylation sites is 2. The van der Waals surface area contributed by atoms with Gasteiger partial charge in [-0.3, -0.25) is 0 Å². The van der Waals surface area contributed by atoms with Gasteiger partial charge in [-0.25, -0.2) is 4.65 Å². The molecule has 0 aliphatic carbocycles. The Hall–Kier alpha value is -2.01. The van der Waals surface area contributed by atoms with E-state index >= 15 is 0 Å². The second kappa shape index (κ2) is 3.76. The van der Waals surface area contributed by atoms with Crippen molar-refractivity contribution in [2.45, 2.75) is 6.54 Å². The smallest absolute Gasteiger partial charge is 0.429 e. The Morgan fingerprint density at radius 1 is 1.20 bits per heavy atom. The van der Waals surface area contributed by atoms with Gasteiger partial charge >= 0.3 is 11.5 Å². The molecule has 20 heavy (non-hydrogen) atoms. The van der Waals surface area contributed by atoms with Gasteiger partial charge < -0.3 is 5.21 Å². The van der Waals surface area contributed by atoms with E-state index in [1.165, 1.54) is 0 Å². The molecule has 4 rings (SSSR count). The van der Waals surface area contributed by atoms with Gasteiger partial charge in [-0.2, -0.15) is 0 Å². The van der Waals surface area contributed by atoms with Crippen LogP contribution in [0, 0.1) is 10.1 Å². The molecule has 2 aliphatic heterocycles. The fourth-order valence-electron chi connectivity index (χ4n) is 2.89. The van der Waals surface area contributed by atoms with Gasteiger partial charge in [0, 0.05) is 27.6 Å². The number of halogens is 1. The van der Waals surface area contributed by atoms with Crippen molar-refractivity contribution in [2.24, 2.45) is 0 Å². The highest BCUT2D eigenvalue weighted by atomic mass is 35.5. The van der Waals surface area contributed by atoms with Crippen molar-refractivity contribution in [1.29, 1.82) is 0 Å². The van der Waals surface area contributed by atoms with E-state index < -0.39 is 4.65 Å². The van der Waals surface area contributed by atoms with Crippen LogP contribution in [0.4, 0.5) is 11.4 Å². The number of hydrogen-bond acceptors (Lipinski definition) is 2. The SMILES string of the molecule is O=[N+]1C2=Cc3ccc(Cl)cc3C[N+]2([O-])c2ccccc21. The quantitative estimate of drug-likeness (QED) is 0.416. The Labute approximate surface area is 120 Å². The molecule has 4 nitrogen and oxygen atoms in total. The van der Waals surface area contributed by atoms with Gasteiger partial charge in [0.15, 0.2) is 0 Å². The average Bonchev–Trinajstić information content (AvgIpc) is 2.66. The summed E-state index contributed by atoms with van der Waals surface area (Å²) in [7, 11) is 0. The molecule has 0 spiro atoms. The molecular formula is C15H10ClN2O2+. The topological polar surface area (TPSA) is 43.1 Å².